The van der Waals surface area contributed by atoms with E-state index in [4.69, 9.17) is 5.11 Å². The Kier molecular flexibility index (Phi) is 6.48. The Balaban J connectivity index is 2.57. The van der Waals surface area contributed by atoms with E-state index in [1.54, 1.807) is 17.0 Å². The second-order valence-electron chi connectivity index (χ2n) is 4.65. The third kappa shape index (κ3) is 7.55. The molecule has 0 radical (unpaired) electrons. The predicted molar refractivity (Wildman–Crippen MR) is 71.2 cm³/mol. The lowest BCUT2D eigenvalue weighted by Gasteiger charge is -2.19. The van der Waals surface area contributed by atoms with Gasteiger partial charge in [-0.2, -0.15) is 13.2 Å². The molecule has 0 spiro atoms. The van der Waals surface area contributed by atoms with Gasteiger partial charge < -0.3 is 9.84 Å². The number of alkyl halides is 3. The van der Waals surface area contributed by atoms with Crippen molar-refractivity contribution in [2.45, 2.75) is 26.1 Å². The number of benzene rings is 1. The van der Waals surface area contributed by atoms with Gasteiger partial charge in [0.25, 0.3) is 0 Å². The molecule has 0 saturated heterocycles. The lowest BCUT2D eigenvalue weighted by Crippen LogP contribution is -2.30. The molecular weight excluding hydrogens is 287 g/mol. The summed E-state index contributed by atoms with van der Waals surface area (Å²) in [7, 11) is 0. The van der Waals surface area contributed by atoms with Crippen molar-refractivity contribution in [1.82, 2.24) is 4.90 Å². The number of hydrogen-bond donors (Lipinski definition) is 1. The summed E-state index contributed by atoms with van der Waals surface area (Å²) in [6, 6.07) is 6.17. The van der Waals surface area contributed by atoms with E-state index in [0.29, 0.717) is 13.1 Å². The van der Waals surface area contributed by atoms with Crippen molar-refractivity contribution >= 4 is 5.97 Å². The number of hydrogen-bond acceptors (Lipinski definition) is 3. The van der Waals surface area contributed by atoms with Gasteiger partial charge in [0.15, 0.2) is 6.61 Å². The molecule has 0 heterocycles. The minimum absolute atomic E-state index is 0.0693. The van der Waals surface area contributed by atoms with Crippen LogP contribution in [0.3, 0.4) is 0 Å². The molecule has 118 valence electrons. The molecule has 0 fully saturated rings. The maximum atomic E-state index is 12.0. The van der Waals surface area contributed by atoms with E-state index in [2.05, 4.69) is 4.74 Å². The summed E-state index contributed by atoms with van der Waals surface area (Å²) in [5.41, 5.74) is 0.823. The molecule has 0 unspecified atom stereocenters. The van der Waals surface area contributed by atoms with E-state index in [-0.39, 0.29) is 12.3 Å². The summed E-state index contributed by atoms with van der Waals surface area (Å²) in [6.07, 6.45) is -3.54. The number of carboxylic acid groups (broad SMARTS) is 1. The molecule has 0 saturated carbocycles. The van der Waals surface area contributed by atoms with Gasteiger partial charge in [0.1, 0.15) is 5.75 Å². The average molecular weight is 305 g/mol. The molecule has 0 atom stereocenters. The van der Waals surface area contributed by atoms with Gasteiger partial charge in [0.2, 0.25) is 0 Å². The van der Waals surface area contributed by atoms with E-state index in [9.17, 15) is 18.0 Å². The summed E-state index contributed by atoms with van der Waals surface area (Å²) >= 11 is 0. The van der Waals surface area contributed by atoms with Crippen molar-refractivity contribution in [2.24, 2.45) is 0 Å². The molecule has 1 rings (SSSR count). The average Bonchev–Trinajstić information content (AvgIpc) is 2.36. The molecule has 4 nitrogen and oxygen atoms in total. The Morgan fingerprint density at radius 1 is 1.29 bits per heavy atom. The fourth-order valence-electron chi connectivity index (χ4n) is 1.84. The Labute approximate surface area is 121 Å². The normalized spacial score (nSPS) is 11.7. The highest BCUT2D eigenvalue weighted by Gasteiger charge is 2.28. The van der Waals surface area contributed by atoms with E-state index in [1.165, 1.54) is 12.1 Å². The smallest absolute Gasteiger partial charge is 0.422 e. The summed E-state index contributed by atoms with van der Waals surface area (Å²) in [6.45, 7) is 1.62. The highest BCUT2D eigenvalue weighted by molar-refractivity contribution is 5.69. The molecular formula is C14H18F3NO3. The zero-order valence-corrected chi connectivity index (χ0v) is 11.7. The quantitative estimate of drug-likeness (QED) is 0.802. The maximum absolute atomic E-state index is 12.0. The number of ether oxygens (including phenoxy) is 1. The van der Waals surface area contributed by atoms with Crippen molar-refractivity contribution in [2.75, 3.05) is 19.7 Å². The fourth-order valence-corrected chi connectivity index (χ4v) is 1.84. The van der Waals surface area contributed by atoms with E-state index in [1.807, 2.05) is 6.92 Å². The molecule has 0 aromatic heterocycles. The van der Waals surface area contributed by atoms with Gasteiger partial charge in [-0.25, -0.2) is 0 Å². The Hall–Kier alpha value is -1.76. The number of carboxylic acids is 1. The molecule has 1 N–H and O–H groups in total. The molecule has 0 amide bonds. The van der Waals surface area contributed by atoms with Gasteiger partial charge in [-0.15, -0.1) is 0 Å². The molecule has 1 aromatic rings. The first-order chi connectivity index (χ1) is 9.80. The largest absolute Gasteiger partial charge is 0.484 e. The van der Waals surface area contributed by atoms with Crippen molar-refractivity contribution in [3.05, 3.63) is 29.8 Å². The van der Waals surface area contributed by atoms with Crippen LogP contribution in [0, 0.1) is 0 Å². The van der Waals surface area contributed by atoms with E-state index < -0.39 is 18.8 Å². The maximum Gasteiger partial charge on any atom is 0.422 e. The van der Waals surface area contributed by atoms with Crippen LogP contribution in [0.25, 0.3) is 0 Å². The second-order valence-corrected chi connectivity index (χ2v) is 4.65. The minimum Gasteiger partial charge on any atom is -0.484 e. The van der Waals surface area contributed by atoms with Crippen molar-refractivity contribution < 1.29 is 27.8 Å². The molecule has 0 aliphatic carbocycles. The third-order valence-corrected chi connectivity index (χ3v) is 2.63. The topological polar surface area (TPSA) is 49.8 Å². The van der Waals surface area contributed by atoms with Gasteiger partial charge in [-0.1, -0.05) is 19.1 Å². The molecule has 0 aliphatic rings. The number of carbonyl (C=O) groups is 1. The van der Waals surface area contributed by atoms with Crippen LogP contribution in [-0.2, 0) is 11.3 Å². The van der Waals surface area contributed by atoms with Crippen LogP contribution in [0.2, 0.25) is 0 Å². The zero-order valence-electron chi connectivity index (χ0n) is 11.7. The van der Waals surface area contributed by atoms with Gasteiger partial charge in [0.05, 0.1) is 6.54 Å². The summed E-state index contributed by atoms with van der Waals surface area (Å²) in [5.74, 6) is -0.773. The monoisotopic (exact) mass is 305 g/mol. The predicted octanol–water partition coefficient (Wildman–Crippen LogP) is 2.92. The Morgan fingerprint density at radius 2 is 1.90 bits per heavy atom. The van der Waals surface area contributed by atoms with E-state index >= 15 is 0 Å². The first-order valence-corrected chi connectivity index (χ1v) is 6.53. The third-order valence-electron chi connectivity index (χ3n) is 2.63. The number of halogens is 3. The zero-order chi connectivity index (χ0) is 15.9. The van der Waals surface area contributed by atoms with Crippen LogP contribution < -0.4 is 4.74 Å². The van der Waals surface area contributed by atoms with Crippen LogP contribution in [0.4, 0.5) is 13.2 Å². The van der Waals surface area contributed by atoms with Gasteiger partial charge in [0, 0.05) is 6.54 Å². The first-order valence-electron chi connectivity index (χ1n) is 6.53. The standard InChI is InChI=1S/C14H18F3NO3/c1-2-7-18(9-13(19)20)8-11-3-5-12(6-4-11)21-10-14(15,16)17/h3-6H,2,7-10H2,1H3,(H,19,20). The van der Waals surface area contributed by atoms with Crippen LogP contribution in [-0.4, -0.2) is 41.8 Å². The molecule has 7 heteroatoms. The van der Waals surface area contributed by atoms with Gasteiger partial charge in [-0.3, -0.25) is 9.69 Å². The fraction of sp³-hybridized carbons (Fsp3) is 0.500. The molecule has 0 aliphatic heterocycles. The minimum atomic E-state index is -4.36. The SMILES string of the molecule is CCCN(CC(=O)O)Cc1ccc(OCC(F)(F)F)cc1. The Morgan fingerprint density at radius 3 is 2.38 bits per heavy atom. The van der Waals surface area contributed by atoms with Crippen LogP contribution >= 0.6 is 0 Å². The summed E-state index contributed by atoms with van der Waals surface area (Å²) < 4.78 is 40.6. The van der Waals surface area contributed by atoms with E-state index in [0.717, 1.165) is 12.0 Å². The summed E-state index contributed by atoms with van der Waals surface area (Å²) in [5, 5.41) is 8.81. The summed E-state index contributed by atoms with van der Waals surface area (Å²) in [4.78, 5) is 12.5. The van der Waals surface area contributed by atoms with Crippen LogP contribution in [0.15, 0.2) is 24.3 Å². The first kappa shape index (κ1) is 17.3. The molecule has 1 aromatic carbocycles. The number of rotatable bonds is 8. The molecule has 21 heavy (non-hydrogen) atoms. The van der Waals surface area contributed by atoms with Crippen LogP contribution in [0.5, 0.6) is 5.75 Å². The van der Waals surface area contributed by atoms with Crippen molar-refractivity contribution in [3.8, 4) is 5.75 Å². The highest BCUT2D eigenvalue weighted by atomic mass is 19.4. The number of aliphatic carboxylic acids is 1. The lowest BCUT2D eigenvalue weighted by molar-refractivity contribution is -0.153. The number of nitrogens with zero attached hydrogens (tertiary/aromatic N) is 1. The highest BCUT2D eigenvalue weighted by Crippen LogP contribution is 2.19. The van der Waals surface area contributed by atoms with Crippen LogP contribution in [0.1, 0.15) is 18.9 Å². The second kappa shape index (κ2) is 7.87. The van der Waals surface area contributed by atoms with Gasteiger partial charge >= 0.3 is 12.1 Å². The van der Waals surface area contributed by atoms with Crippen molar-refractivity contribution in [1.29, 1.82) is 0 Å². The Bertz CT molecular complexity index is 446. The lowest BCUT2D eigenvalue weighted by atomic mass is 10.2. The molecule has 0 bridgehead atoms. The van der Waals surface area contributed by atoms with Crippen molar-refractivity contribution in [3.63, 3.8) is 0 Å². The van der Waals surface area contributed by atoms with Gasteiger partial charge in [-0.05, 0) is 30.7 Å².